The van der Waals surface area contributed by atoms with Crippen LogP contribution in [-0.2, 0) is 14.4 Å². The van der Waals surface area contributed by atoms with Gasteiger partial charge in [-0.3, -0.25) is 14.4 Å². The number of hydrogen-bond donors (Lipinski definition) is 0. The number of imide groups is 1. The number of nitrogens with zero attached hydrogens (tertiary/aromatic N) is 2. The van der Waals surface area contributed by atoms with Gasteiger partial charge in [0, 0.05) is 4.47 Å². The largest absolute Gasteiger partial charge is 0.493 e. The highest BCUT2D eigenvalue weighted by Gasteiger charge is 2.60. The van der Waals surface area contributed by atoms with Crippen molar-refractivity contribution < 1.29 is 33.1 Å². The van der Waals surface area contributed by atoms with E-state index in [0.29, 0.717) is 16.9 Å². The molecule has 0 bridgehead atoms. The molecule has 0 N–H and O–H groups in total. The second kappa shape index (κ2) is 10.8. The van der Waals surface area contributed by atoms with Gasteiger partial charge in [-0.25, -0.2) is 19.1 Å². The lowest BCUT2D eigenvalue weighted by Gasteiger charge is -2.29. The van der Waals surface area contributed by atoms with Gasteiger partial charge < -0.3 is 9.47 Å². The molecule has 2 amide bonds. The normalized spacial score (nSPS) is 19.8. The lowest BCUT2D eigenvalue weighted by Crippen LogP contribution is -2.37. The first kappa shape index (κ1) is 26.7. The second-order valence-electron chi connectivity index (χ2n) is 9.45. The molecule has 0 aliphatic carbocycles. The summed E-state index contributed by atoms with van der Waals surface area (Å²) in [6.07, 6.45) is -1.04. The topological polar surface area (TPSA) is 85.4 Å². The summed E-state index contributed by atoms with van der Waals surface area (Å²) in [6.45, 7) is 0. The van der Waals surface area contributed by atoms with Gasteiger partial charge in [-0.1, -0.05) is 40.2 Å². The van der Waals surface area contributed by atoms with E-state index in [1.165, 1.54) is 31.4 Å². The predicted octanol–water partition coefficient (Wildman–Crippen LogP) is 5.87. The van der Waals surface area contributed by atoms with Crippen molar-refractivity contribution in [1.82, 2.24) is 0 Å². The van der Waals surface area contributed by atoms with E-state index in [9.17, 15) is 18.8 Å². The van der Waals surface area contributed by atoms with Crippen LogP contribution in [0.2, 0.25) is 0 Å². The van der Waals surface area contributed by atoms with Gasteiger partial charge in [0.25, 0.3) is 5.91 Å². The van der Waals surface area contributed by atoms with Crippen molar-refractivity contribution >= 4 is 45.1 Å². The molecule has 6 rings (SSSR count). The average Bonchev–Trinajstić information content (AvgIpc) is 3.50. The minimum Gasteiger partial charge on any atom is -0.493 e. The number of fused-ring (bicyclic) bond motifs is 1. The lowest BCUT2D eigenvalue weighted by molar-refractivity contribution is -0.126. The molecule has 41 heavy (non-hydrogen) atoms. The summed E-state index contributed by atoms with van der Waals surface area (Å²) >= 11 is 3.38. The maximum atomic E-state index is 13.9. The molecule has 3 atom stereocenters. The third kappa shape index (κ3) is 4.85. The van der Waals surface area contributed by atoms with Crippen molar-refractivity contribution in [2.45, 2.75) is 12.1 Å². The molecule has 0 saturated carbocycles. The number of amides is 2. The molecule has 0 unspecified atom stereocenters. The SMILES string of the molecule is COc1cc([C@@H]2[C@H]3C(=O)N(c4ccc(Br)cc4)C(=O)[C@H]3ON2c2ccccc2)ccc1OC(=O)c1ccc(F)cc1. The Morgan fingerprint density at radius 2 is 1.56 bits per heavy atom. The van der Waals surface area contributed by atoms with Crippen LogP contribution >= 0.6 is 15.9 Å². The van der Waals surface area contributed by atoms with Crippen LogP contribution in [0.4, 0.5) is 15.8 Å². The fourth-order valence-corrected chi connectivity index (χ4v) is 5.36. The fourth-order valence-electron chi connectivity index (χ4n) is 5.09. The Bertz CT molecular complexity index is 1630. The Hall–Kier alpha value is -4.54. The Balaban J connectivity index is 1.36. The van der Waals surface area contributed by atoms with E-state index >= 15 is 0 Å². The second-order valence-corrected chi connectivity index (χ2v) is 10.4. The number of hydroxylamine groups is 1. The summed E-state index contributed by atoms with van der Waals surface area (Å²) in [7, 11) is 1.43. The summed E-state index contributed by atoms with van der Waals surface area (Å²) in [5.74, 6) is -2.49. The van der Waals surface area contributed by atoms with E-state index in [0.717, 1.165) is 9.37 Å². The quantitative estimate of drug-likeness (QED) is 0.152. The van der Waals surface area contributed by atoms with E-state index in [1.54, 1.807) is 47.5 Å². The number of carbonyl (C=O) groups is 3. The number of para-hydroxylation sites is 1. The van der Waals surface area contributed by atoms with Crippen molar-refractivity contribution in [1.29, 1.82) is 0 Å². The molecule has 0 aromatic heterocycles. The summed E-state index contributed by atoms with van der Waals surface area (Å²) in [5.41, 5.74) is 1.89. The van der Waals surface area contributed by atoms with Crippen LogP contribution in [-0.4, -0.2) is 31.0 Å². The molecule has 0 radical (unpaired) electrons. The highest BCUT2D eigenvalue weighted by atomic mass is 79.9. The molecule has 4 aromatic rings. The molecule has 10 heteroatoms. The smallest absolute Gasteiger partial charge is 0.343 e. The first-order valence-corrected chi connectivity index (χ1v) is 13.4. The van der Waals surface area contributed by atoms with Gasteiger partial charge in [0.1, 0.15) is 11.7 Å². The zero-order valence-electron chi connectivity index (χ0n) is 21.6. The molecule has 2 aliphatic heterocycles. The van der Waals surface area contributed by atoms with Crippen LogP contribution in [0.25, 0.3) is 0 Å². The maximum absolute atomic E-state index is 13.9. The van der Waals surface area contributed by atoms with E-state index in [4.69, 9.17) is 14.3 Å². The first-order valence-electron chi connectivity index (χ1n) is 12.7. The van der Waals surface area contributed by atoms with Gasteiger partial charge in [-0.05, 0) is 78.4 Å². The van der Waals surface area contributed by atoms with Gasteiger partial charge >= 0.3 is 5.97 Å². The number of esters is 1. The summed E-state index contributed by atoms with van der Waals surface area (Å²) < 4.78 is 25.2. The number of ether oxygens (including phenoxy) is 2. The maximum Gasteiger partial charge on any atom is 0.343 e. The summed E-state index contributed by atoms with van der Waals surface area (Å²) in [6, 6.07) is 25.3. The molecule has 2 fully saturated rings. The van der Waals surface area contributed by atoms with Crippen LogP contribution in [0, 0.1) is 11.7 Å². The van der Waals surface area contributed by atoms with E-state index in [2.05, 4.69) is 15.9 Å². The number of hydrogen-bond acceptors (Lipinski definition) is 7. The van der Waals surface area contributed by atoms with Gasteiger partial charge in [0.15, 0.2) is 17.6 Å². The number of carbonyl (C=O) groups excluding carboxylic acids is 3. The van der Waals surface area contributed by atoms with Crippen LogP contribution in [0.15, 0.2) is 102 Å². The van der Waals surface area contributed by atoms with Gasteiger partial charge in [-0.2, -0.15) is 0 Å². The van der Waals surface area contributed by atoms with Gasteiger partial charge in [0.2, 0.25) is 5.91 Å². The van der Waals surface area contributed by atoms with Crippen molar-refractivity contribution in [2.75, 3.05) is 17.1 Å². The molecular formula is C31H22BrFN2O6. The molecule has 8 nitrogen and oxygen atoms in total. The van der Waals surface area contributed by atoms with Gasteiger partial charge in [0.05, 0.1) is 30.1 Å². The Morgan fingerprint density at radius 1 is 0.854 bits per heavy atom. The Morgan fingerprint density at radius 3 is 2.24 bits per heavy atom. The monoisotopic (exact) mass is 616 g/mol. The van der Waals surface area contributed by atoms with Crippen LogP contribution in [0.3, 0.4) is 0 Å². The molecule has 0 spiro atoms. The number of benzene rings is 4. The molecular weight excluding hydrogens is 595 g/mol. The third-order valence-corrected chi connectivity index (χ3v) is 7.55. The van der Waals surface area contributed by atoms with Crippen molar-refractivity contribution in [3.05, 3.63) is 118 Å². The minimum absolute atomic E-state index is 0.137. The number of anilines is 2. The molecule has 2 saturated heterocycles. The molecule has 206 valence electrons. The Labute approximate surface area is 242 Å². The van der Waals surface area contributed by atoms with Crippen molar-refractivity contribution in [3.63, 3.8) is 0 Å². The van der Waals surface area contributed by atoms with Crippen molar-refractivity contribution in [2.24, 2.45) is 5.92 Å². The van der Waals surface area contributed by atoms with E-state index in [1.807, 2.05) is 30.3 Å². The lowest BCUT2D eigenvalue weighted by atomic mass is 9.90. The predicted molar refractivity (Wildman–Crippen MR) is 151 cm³/mol. The molecule has 2 aliphatic rings. The van der Waals surface area contributed by atoms with E-state index < -0.39 is 41.7 Å². The van der Waals surface area contributed by atoms with Crippen LogP contribution in [0.1, 0.15) is 22.0 Å². The molecule has 4 aromatic carbocycles. The number of halogens is 2. The highest BCUT2D eigenvalue weighted by molar-refractivity contribution is 9.10. The summed E-state index contributed by atoms with van der Waals surface area (Å²) in [4.78, 5) is 47.4. The average molecular weight is 617 g/mol. The van der Waals surface area contributed by atoms with Crippen LogP contribution in [0.5, 0.6) is 11.5 Å². The number of rotatable bonds is 6. The zero-order chi connectivity index (χ0) is 28.7. The zero-order valence-corrected chi connectivity index (χ0v) is 23.2. The Kier molecular flexibility index (Phi) is 7.02. The highest BCUT2D eigenvalue weighted by Crippen LogP contribution is 2.48. The third-order valence-electron chi connectivity index (χ3n) is 7.02. The van der Waals surface area contributed by atoms with E-state index in [-0.39, 0.29) is 17.1 Å². The minimum atomic E-state index is -1.04. The summed E-state index contributed by atoms with van der Waals surface area (Å²) in [5, 5.41) is 1.57. The molecule has 2 heterocycles. The standard InChI is InChI=1S/C31H22BrFN2O6/c1-39-25-17-19(9-16-24(25)40-31(38)18-7-12-21(33)13-8-18)27-26-28(41-35(27)23-5-3-2-4-6-23)30(37)34(29(26)36)22-14-10-20(32)11-15-22/h2-17,26-28H,1H3/t26-,27-,28+/m1/s1. The fraction of sp³-hybridized carbons (Fsp3) is 0.129. The number of methoxy groups -OCH3 is 1. The first-order chi connectivity index (χ1) is 19.9. The van der Waals surface area contributed by atoms with Crippen LogP contribution < -0.4 is 19.4 Å². The van der Waals surface area contributed by atoms with Crippen molar-refractivity contribution in [3.8, 4) is 11.5 Å². The van der Waals surface area contributed by atoms with Gasteiger partial charge in [-0.15, -0.1) is 0 Å².